The van der Waals surface area contributed by atoms with Crippen LogP contribution in [0.3, 0.4) is 0 Å². The van der Waals surface area contributed by atoms with Crippen molar-refractivity contribution in [2.75, 3.05) is 4.90 Å². The summed E-state index contributed by atoms with van der Waals surface area (Å²) >= 11 is 0. The number of anilines is 3. The molecule has 1 N–H and O–H groups in total. The molecule has 6 heteroatoms. The van der Waals surface area contributed by atoms with Gasteiger partial charge in [-0.2, -0.15) is 0 Å². The summed E-state index contributed by atoms with van der Waals surface area (Å²) in [6.07, 6.45) is 1.91. The molecular formula is C56H49N5O. The van der Waals surface area contributed by atoms with Crippen LogP contribution in [0.1, 0.15) is 52.7 Å². The third kappa shape index (κ3) is 6.69. The summed E-state index contributed by atoms with van der Waals surface area (Å²) in [5.41, 5.74) is 12.3. The second-order valence-corrected chi connectivity index (χ2v) is 18.2. The monoisotopic (exact) mass is 807 g/mol. The highest BCUT2D eigenvalue weighted by Gasteiger charge is 2.30. The zero-order valence-electron chi connectivity index (χ0n) is 36.0. The summed E-state index contributed by atoms with van der Waals surface area (Å²) < 4.78 is 4.31. The van der Waals surface area contributed by atoms with Crippen molar-refractivity contribution in [1.82, 2.24) is 19.3 Å². The van der Waals surface area contributed by atoms with E-state index in [0.717, 1.165) is 89.1 Å². The summed E-state index contributed by atoms with van der Waals surface area (Å²) in [6, 6.07) is 61.6. The molecule has 0 amide bonds. The highest BCUT2D eigenvalue weighted by Crippen LogP contribution is 2.48. The number of phenolic OH excluding ortho intramolecular Hbond substituents is 1. The molecular weight excluding hydrogens is 759 g/mol. The van der Waals surface area contributed by atoms with Crippen molar-refractivity contribution in [1.29, 1.82) is 0 Å². The fourth-order valence-corrected chi connectivity index (χ4v) is 8.79. The second kappa shape index (κ2) is 14.9. The minimum atomic E-state index is -0.313. The average molecular weight is 808 g/mol. The Balaban J connectivity index is 1.32. The molecule has 62 heavy (non-hydrogen) atoms. The van der Waals surface area contributed by atoms with Crippen LogP contribution in [0.2, 0.25) is 0 Å². The quantitative estimate of drug-likeness (QED) is 0.174. The van der Waals surface area contributed by atoms with E-state index in [1.54, 1.807) is 0 Å². The Morgan fingerprint density at radius 3 is 1.85 bits per heavy atom. The molecule has 0 bridgehead atoms. The maximum absolute atomic E-state index is 12.3. The molecule has 304 valence electrons. The first-order chi connectivity index (χ1) is 30.0. The average Bonchev–Trinajstić information content (AvgIpc) is 3.83. The Morgan fingerprint density at radius 1 is 0.532 bits per heavy atom. The van der Waals surface area contributed by atoms with Gasteiger partial charge in [0.2, 0.25) is 0 Å². The topological polar surface area (TPSA) is 59.1 Å². The van der Waals surface area contributed by atoms with E-state index >= 15 is 0 Å². The molecule has 0 fully saturated rings. The lowest BCUT2D eigenvalue weighted by Gasteiger charge is -2.27. The Bertz CT molecular complexity index is 3260. The molecule has 3 aromatic heterocycles. The molecule has 7 aromatic carbocycles. The predicted molar refractivity (Wildman–Crippen MR) is 258 cm³/mol. The lowest BCUT2D eigenvalue weighted by molar-refractivity contribution is 0.441. The van der Waals surface area contributed by atoms with Gasteiger partial charge in [0, 0.05) is 44.9 Å². The molecule has 0 aliphatic rings. The van der Waals surface area contributed by atoms with Crippen molar-refractivity contribution in [3.8, 4) is 39.5 Å². The molecule has 0 unspecified atom stereocenters. The maximum Gasteiger partial charge on any atom is 0.168 e. The number of aromatic nitrogens is 4. The normalized spacial score (nSPS) is 12.1. The van der Waals surface area contributed by atoms with E-state index in [2.05, 4.69) is 215 Å². The number of para-hydroxylation sites is 4. The SMILES string of the molecule is CC(C)(C)c1cc(-n2nc(N(c3ccccc3)c3cc(-c4cc(-c5ccccc5)ccn4)cc4c3c3ccccc3n4-c3ccccc3)c3ccccc32)c(O)c(C(C)(C)C)c1. The van der Waals surface area contributed by atoms with Gasteiger partial charge >= 0.3 is 0 Å². The van der Waals surface area contributed by atoms with E-state index < -0.39 is 0 Å². The van der Waals surface area contributed by atoms with Crippen molar-refractivity contribution in [2.24, 2.45) is 0 Å². The zero-order valence-corrected chi connectivity index (χ0v) is 36.0. The van der Waals surface area contributed by atoms with Gasteiger partial charge < -0.3 is 9.67 Å². The number of hydrogen-bond donors (Lipinski definition) is 1. The number of benzene rings is 7. The first kappa shape index (κ1) is 38.7. The van der Waals surface area contributed by atoms with Crippen LogP contribution in [-0.4, -0.2) is 24.4 Å². The van der Waals surface area contributed by atoms with Gasteiger partial charge in [0.1, 0.15) is 11.4 Å². The number of aromatic hydroxyl groups is 1. The Labute approximate surface area is 363 Å². The number of phenols is 1. The van der Waals surface area contributed by atoms with Crippen molar-refractivity contribution in [3.63, 3.8) is 0 Å². The Kier molecular flexibility index (Phi) is 9.33. The molecule has 6 nitrogen and oxygen atoms in total. The third-order valence-corrected chi connectivity index (χ3v) is 12.0. The lowest BCUT2D eigenvalue weighted by Crippen LogP contribution is -2.18. The molecule has 0 saturated heterocycles. The van der Waals surface area contributed by atoms with Crippen molar-refractivity contribution in [3.05, 3.63) is 193 Å². The van der Waals surface area contributed by atoms with Gasteiger partial charge in [0.05, 0.1) is 27.9 Å². The summed E-state index contributed by atoms with van der Waals surface area (Å²) in [7, 11) is 0. The van der Waals surface area contributed by atoms with Crippen LogP contribution < -0.4 is 4.90 Å². The standard InChI is InChI=1S/C56H49N5O/c1-55(2,3)40-35-45(56(4,5)6)53(62)51(36-40)61-48-29-19-17-27-44(48)54(58-61)60(42-24-14-9-15-25-42)50-34-39(46-32-38(30-31-57-46)37-20-10-7-11-21-37)33-49-52(50)43-26-16-18-28-47(43)59(49)41-22-12-8-13-23-41/h7-36,62H,1-6H3. The fraction of sp³-hybridized carbons (Fsp3) is 0.143. The first-order valence-corrected chi connectivity index (χ1v) is 21.3. The van der Waals surface area contributed by atoms with E-state index in [0.29, 0.717) is 5.69 Å². The maximum atomic E-state index is 12.3. The number of nitrogens with zero attached hydrogens (tertiary/aromatic N) is 5. The molecule has 0 atom stereocenters. The molecule has 0 radical (unpaired) electrons. The first-order valence-electron chi connectivity index (χ1n) is 21.3. The van der Waals surface area contributed by atoms with E-state index in [1.165, 1.54) is 0 Å². The van der Waals surface area contributed by atoms with Gasteiger partial charge in [-0.15, -0.1) is 5.10 Å². The molecule has 10 rings (SSSR count). The smallest absolute Gasteiger partial charge is 0.168 e. The molecule has 3 heterocycles. The van der Waals surface area contributed by atoms with Gasteiger partial charge in [-0.25, -0.2) is 4.68 Å². The highest BCUT2D eigenvalue weighted by atomic mass is 16.3. The third-order valence-electron chi connectivity index (χ3n) is 12.0. The largest absolute Gasteiger partial charge is 0.505 e. The minimum absolute atomic E-state index is 0.171. The van der Waals surface area contributed by atoms with Crippen molar-refractivity contribution < 1.29 is 5.11 Å². The van der Waals surface area contributed by atoms with E-state index in [9.17, 15) is 5.11 Å². The molecule has 10 aromatic rings. The van der Waals surface area contributed by atoms with Crippen molar-refractivity contribution in [2.45, 2.75) is 52.4 Å². The minimum Gasteiger partial charge on any atom is -0.505 e. The molecule has 0 aliphatic carbocycles. The van der Waals surface area contributed by atoms with E-state index in [4.69, 9.17) is 10.1 Å². The van der Waals surface area contributed by atoms with Crippen LogP contribution in [-0.2, 0) is 10.8 Å². The fourth-order valence-electron chi connectivity index (χ4n) is 8.79. The lowest BCUT2D eigenvalue weighted by atomic mass is 9.79. The summed E-state index contributed by atoms with van der Waals surface area (Å²) in [5.74, 6) is 0.974. The highest BCUT2D eigenvalue weighted by molar-refractivity contribution is 6.18. The van der Waals surface area contributed by atoms with Crippen LogP contribution in [0.4, 0.5) is 17.2 Å². The molecule has 0 spiro atoms. The summed E-state index contributed by atoms with van der Waals surface area (Å²) in [6.45, 7) is 13.1. The zero-order chi connectivity index (χ0) is 42.8. The van der Waals surface area contributed by atoms with Crippen molar-refractivity contribution >= 4 is 49.9 Å². The van der Waals surface area contributed by atoms with Crippen LogP contribution in [0, 0.1) is 0 Å². The predicted octanol–water partition coefficient (Wildman–Crippen LogP) is 14.6. The van der Waals surface area contributed by atoms with Gasteiger partial charge in [-0.05, 0) is 100 Å². The van der Waals surface area contributed by atoms with Crippen LogP contribution in [0.5, 0.6) is 5.75 Å². The Morgan fingerprint density at radius 2 is 1.16 bits per heavy atom. The number of fused-ring (bicyclic) bond motifs is 4. The second-order valence-electron chi connectivity index (χ2n) is 18.2. The summed E-state index contributed by atoms with van der Waals surface area (Å²) in [4.78, 5) is 7.32. The number of hydrogen-bond acceptors (Lipinski definition) is 4. The molecule has 0 aliphatic heterocycles. The van der Waals surface area contributed by atoms with E-state index in [-0.39, 0.29) is 16.6 Å². The van der Waals surface area contributed by atoms with Crippen LogP contribution >= 0.6 is 0 Å². The van der Waals surface area contributed by atoms with Gasteiger partial charge in [-0.1, -0.05) is 145 Å². The van der Waals surface area contributed by atoms with Crippen LogP contribution in [0.15, 0.2) is 182 Å². The van der Waals surface area contributed by atoms with Gasteiger partial charge in [0.15, 0.2) is 5.82 Å². The number of pyridine rings is 1. The van der Waals surface area contributed by atoms with E-state index in [1.807, 2.05) is 23.0 Å². The van der Waals surface area contributed by atoms with Gasteiger partial charge in [-0.3, -0.25) is 9.88 Å². The molecule has 0 saturated carbocycles. The number of rotatable bonds is 7. The van der Waals surface area contributed by atoms with Gasteiger partial charge in [0.25, 0.3) is 0 Å². The Hall–Kier alpha value is -7.44. The summed E-state index contributed by atoms with van der Waals surface area (Å²) in [5, 5.41) is 21.0. The van der Waals surface area contributed by atoms with Crippen LogP contribution in [0.25, 0.3) is 66.5 Å².